The topological polar surface area (TPSA) is 98.8 Å². The predicted molar refractivity (Wildman–Crippen MR) is 98.5 cm³/mol. The summed E-state index contributed by atoms with van der Waals surface area (Å²) in [6, 6.07) is 16.5. The van der Waals surface area contributed by atoms with Gasteiger partial charge in [-0.25, -0.2) is 9.59 Å². The van der Waals surface area contributed by atoms with Crippen LogP contribution in [0.5, 0.6) is 0 Å². The van der Waals surface area contributed by atoms with Crippen molar-refractivity contribution in [3.63, 3.8) is 0 Å². The fourth-order valence-electron chi connectivity index (χ4n) is 3.05. The maximum Gasteiger partial charge on any atom is 0.338 e. The number of nitrogens with one attached hydrogen (secondary N) is 1. The Morgan fingerprint density at radius 1 is 1.07 bits per heavy atom. The number of ether oxygens (including phenoxy) is 2. The summed E-state index contributed by atoms with van der Waals surface area (Å²) in [6.07, 6.45) is -1.73. The largest absolute Gasteiger partial charge is 0.456 e. The van der Waals surface area contributed by atoms with Crippen LogP contribution in [0, 0.1) is 0 Å². The molecule has 2 aromatic carbocycles. The zero-order valence-corrected chi connectivity index (χ0v) is 15.2. The number of hydrogen-bond donors (Lipinski definition) is 1. The van der Waals surface area contributed by atoms with E-state index in [0.29, 0.717) is 11.8 Å². The summed E-state index contributed by atoms with van der Waals surface area (Å²) >= 11 is 0. The van der Waals surface area contributed by atoms with Crippen LogP contribution in [0.3, 0.4) is 0 Å². The number of esters is 2. The minimum Gasteiger partial charge on any atom is -0.456 e. The summed E-state index contributed by atoms with van der Waals surface area (Å²) < 4.78 is 10.8. The zero-order chi connectivity index (χ0) is 20.1. The molecule has 0 saturated carbocycles. The monoisotopic (exact) mass is 381 g/mol. The van der Waals surface area contributed by atoms with Crippen molar-refractivity contribution in [2.24, 2.45) is 0 Å². The van der Waals surface area contributed by atoms with E-state index >= 15 is 0 Å². The van der Waals surface area contributed by atoms with Gasteiger partial charge in [0, 0.05) is 12.0 Å². The average molecular weight is 381 g/mol. The maximum absolute atomic E-state index is 12.6. The molecule has 0 bridgehead atoms. The van der Waals surface area contributed by atoms with E-state index in [1.165, 1.54) is 6.92 Å². The fraction of sp³-hybridized carbons (Fsp3) is 0.238. The first-order valence-electron chi connectivity index (χ1n) is 8.74. The number of cyclic esters (lactones) is 1. The lowest BCUT2D eigenvalue weighted by atomic mass is 9.92. The van der Waals surface area contributed by atoms with Gasteiger partial charge in [0.2, 0.25) is 0 Å². The van der Waals surface area contributed by atoms with Crippen molar-refractivity contribution in [3.05, 3.63) is 71.8 Å². The lowest BCUT2D eigenvalue weighted by Crippen LogP contribution is -2.58. The van der Waals surface area contributed by atoms with Crippen molar-refractivity contribution >= 4 is 24.1 Å². The van der Waals surface area contributed by atoms with E-state index in [0.717, 1.165) is 0 Å². The molecule has 2 aromatic rings. The lowest BCUT2D eigenvalue weighted by molar-refractivity contribution is -0.145. The van der Waals surface area contributed by atoms with Gasteiger partial charge in [-0.15, -0.1) is 0 Å². The summed E-state index contributed by atoms with van der Waals surface area (Å²) in [5.74, 6) is -1.97. The SMILES string of the molecule is C[C@@]1(NC(=O)c2ccccc2)C(=O)O[C@H](CC=O)[C@@H]1OC(=O)c1ccccc1. The van der Waals surface area contributed by atoms with Crippen LogP contribution in [0.2, 0.25) is 0 Å². The summed E-state index contributed by atoms with van der Waals surface area (Å²) in [7, 11) is 0. The Balaban J connectivity index is 1.87. The van der Waals surface area contributed by atoms with Gasteiger partial charge in [-0.1, -0.05) is 36.4 Å². The molecule has 1 aliphatic rings. The van der Waals surface area contributed by atoms with Crippen LogP contribution >= 0.6 is 0 Å². The molecule has 0 aliphatic carbocycles. The molecule has 1 aliphatic heterocycles. The van der Waals surface area contributed by atoms with E-state index in [-0.39, 0.29) is 12.0 Å². The number of amides is 1. The van der Waals surface area contributed by atoms with E-state index in [9.17, 15) is 19.2 Å². The van der Waals surface area contributed by atoms with Gasteiger partial charge in [0.1, 0.15) is 12.4 Å². The highest BCUT2D eigenvalue weighted by atomic mass is 16.6. The van der Waals surface area contributed by atoms with E-state index in [2.05, 4.69) is 5.32 Å². The van der Waals surface area contributed by atoms with Crippen LogP contribution in [0.1, 0.15) is 34.1 Å². The molecule has 144 valence electrons. The van der Waals surface area contributed by atoms with Gasteiger partial charge >= 0.3 is 11.9 Å². The number of carbonyl (C=O) groups is 4. The number of rotatable bonds is 6. The number of aldehydes is 1. The number of carbonyl (C=O) groups excluding carboxylic acids is 4. The van der Waals surface area contributed by atoms with Crippen LogP contribution in [0.25, 0.3) is 0 Å². The molecule has 1 amide bonds. The molecule has 1 N–H and O–H groups in total. The Bertz CT molecular complexity index is 882. The normalized spacial score (nSPS) is 23.5. The van der Waals surface area contributed by atoms with Gasteiger partial charge < -0.3 is 19.6 Å². The van der Waals surface area contributed by atoms with Gasteiger partial charge in [0.25, 0.3) is 5.91 Å². The third-order valence-corrected chi connectivity index (χ3v) is 4.57. The standard InChI is InChI=1S/C21H19NO6/c1-21(22-18(24)14-8-4-2-5-9-14)17(16(12-13-23)27-20(21)26)28-19(25)15-10-6-3-7-11-15/h2-11,13,16-17H,12H2,1H3,(H,22,24)/t16-,17+,21+/m1/s1. The summed E-state index contributed by atoms with van der Waals surface area (Å²) in [4.78, 5) is 48.6. The Hall–Kier alpha value is -3.48. The van der Waals surface area contributed by atoms with Crippen molar-refractivity contribution in [1.82, 2.24) is 5.32 Å². The van der Waals surface area contributed by atoms with E-state index in [1.807, 2.05) is 0 Å². The quantitative estimate of drug-likeness (QED) is 0.606. The average Bonchev–Trinajstić information content (AvgIpc) is 2.93. The third kappa shape index (κ3) is 3.78. The Morgan fingerprint density at radius 3 is 2.21 bits per heavy atom. The first-order chi connectivity index (χ1) is 13.5. The Labute approximate surface area is 161 Å². The molecule has 0 unspecified atom stereocenters. The second-order valence-corrected chi connectivity index (χ2v) is 6.56. The summed E-state index contributed by atoms with van der Waals surface area (Å²) in [6.45, 7) is 1.42. The minimum absolute atomic E-state index is 0.157. The molecule has 28 heavy (non-hydrogen) atoms. The fourth-order valence-corrected chi connectivity index (χ4v) is 3.05. The van der Waals surface area contributed by atoms with Crippen molar-refractivity contribution in [1.29, 1.82) is 0 Å². The van der Waals surface area contributed by atoms with Gasteiger partial charge in [-0.2, -0.15) is 0 Å². The Morgan fingerprint density at radius 2 is 1.64 bits per heavy atom. The van der Waals surface area contributed by atoms with E-state index < -0.39 is 35.6 Å². The van der Waals surface area contributed by atoms with Crippen molar-refractivity contribution in [2.45, 2.75) is 31.1 Å². The molecule has 1 fully saturated rings. The van der Waals surface area contributed by atoms with Crippen molar-refractivity contribution in [2.75, 3.05) is 0 Å². The minimum atomic E-state index is -1.63. The molecule has 3 atom stereocenters. The molecule has 0 radical (unpaired) electrons. The second kappa shape index (κ2) is 8.04. The molecular formula is C21H19NO6. The molecule has 1 saturated heterocycles. The molecule has 3 rings (SSSR count). The molecule has 1 heterocycles. The maximum atomic E-state index is 12.6. The molecule has 0 spiro atoms. The molecule has 7 nitrogen and oxygen atoms in total. The van der Waals surface area contributed by atoms with Gasteiger partial charge in [-0.05, 0) is 31.2 Å². The first-order valence-corrected chi connectivity index (χ1v) is 8.74. The van der Waals surface area contributed by atoms with Crippen LogP contribution in [0.4, 0.5) is 0 Å². The van der Waals surface area contributed by atoms with Gasteiger partial charge in [0.15, 0.2) is 11.6 Å². The van der Waals surface area contributed by atoms with Crippen LogP contribution in [-0.2, 0) is 19.1 Å². The summed E-state index contributed by atoms with van der Waals surface area (Å²) in [5, 5.41) is 2.61. The van der Waals surface area contributed by atoms with Crippen LogP contribution < -0.4 is 5.32 Å². The number of hydrogen-bond acceptors (Lipinski definition) is 6. The van der Waals surface area contributed by atoms with Crippen molar-refractivity contribution in [3.8, 4) is 0 Å². The van der Waals surface area contributed by atoms with E-state index in [1.54, 1.807) is 60.7 Å². The Kier molecular flexibility index (Phi) is 5.54. The van der Waals surface area contributed by atoms with Crippen LogP contribution in [0.15, 0.2) is 60.7 Å². The lowest BCUT2D eigenvalue weighted by Gasteiger charge is -2.29. The van der Waals surface area contributed by atoms with Crippen molar-refractivity contribution < 1.29 is 28.7 Å². The molecule has 7 heteroatoms. The predicted octanol–water partition coefficient (Wildman–Crippen LogP) is 1.92. The highest BCUT2D eigenvalue weighted by Crippen LogP contribution is 2.31. The highest BCUT2D eigenvalue weighted by molar-refractivity contribution is 5.99. The van der Waals surface area contributed by atoms with Gasteiger partial charge in [0.05, 0.1) is 5.56 Å². The molecule has 0 aromatic heterocycles. The highest BCUT2D eigenvalue weighted by Gasteiger charge is 2.57. The number of benzene rings is 2. The van der Waals surface area contributed by atoms with Crippen LogP contribution in [-0.4, -0.2) is 41.9 Å². The molecular weight excluding hydrogens is 362 g/mol. The smallest absolute Gasteiger partial charge is 0.338 e. The summed E-state index contributed by atoms with van der Waals surface area (Å²) in [5.41, 5.74) is -1.02. The van der Waals surface area contributed by atoms with E-state index in [4.69, 9.17) is 9.47 Å². The first kappa shape index (κ1) is 19.3. The van der Waals surface area contributed by atoms with Gasteiger partial charge in [-0.3, -0.25) is 4.79 Å². The third-order valence-electron chi connectivity index (χ3n) is 4.57. The zero-order valence-electron chi connectivity index (χ0n) is 15.2. The second-order valence-electron chi connectivity index (χ2n) is 6.56.